The molecule has 2 aromatic rings. The van der Waals surface area contributed by atoms with Gasteiger partial charge >= 0.3 is 0 Å². The number of carbonyl (C=O) groups excluding carboxylic acids is 2. The summed E-state index contributed by atoms with van der Waals surface area (Å²) < 4.78 is 0. The molecule has 0 radical (unpaired) electrons. The van der Waals surface area contributed by atoms with Gasteiger partial charge < -0.3 is 21.3 Å². The van der Waals surface area contributed by atoms with Gasteiger partial charge in [0, 0.05) is 23.6 Å². The zero-order valence-electron chi connectivity index (χ0n) is 16.7. The van der Waals surface area contributed by atoms with Gasteiger partial charge in [0.2, 0.25) is 11.8 Å². The molecule has 0 aromatic heterocycles. The summed E-state index contributed by atoms with van der Waals surface area (Å²) >= 11 is 0. The van der Waals surface area contributed by atoms with Gasteiger partial charge in [-0.1, -0.05) is 24.3 Å². The van der Waals surface area contributed by atoms with E-state index in [2.05, 4.69) is 15.5 Å². The minimum Gasteiger partial charge on any atom is -0.398 e. The maximum atomic E-state index is 12.7. The summed E-state index contributed by atoms with van der Waals surface area (Å²) in [6.07, 6.45) is 1.87. The predicted octanol–water partition coefficient (Wildman–Crippen LogP) is 2.78. The molecule has 4 N–H and O–H groups in total. The lowest BCUT2D eigenvalue weighted by molar-refractivity contribution is -0.124. The lowest BCUT2D eigenvalue weighted by Crippen LogP contribution is -2.48. The molecular formula is C22H28N4O2. The molecule has 1 unspecified atom stereocenters. The molecular weight excluding hydrogens is 352 g/mol. The van der Waals surface area contributed by atoms with Crippen molar-refractivity contribution in [3.63, 3.8) is 0 Å². The second-order valence-corrected chi connectivity index (χ2v) is 7.35. The van der Waals surface area contributed by atoms with Crippen molar-refractivity contribution in [2.24, 2.45) is 0 Å². The standard InChI is InChI=1S/C22H28N4O2/c1-14-7-4-8-15(2)21(14)25-20(27)13-24-22(28)16(3)26-12-6-9-17-18(23)10-5-11-19(17)26/h4-5,7-8,10-11,16H,6,9,12-13,23H2,1-3H3,(H,24,28)(H,25,27). The smallest absolute Gasteiger partial charge is 0.243 e. The van der Waals surface area contributed by atoms with Crippen LogP contribution in [0.25, 0.3) is 0 Å². The Morgan fingerprint density at radius 2 is 1.82 bits per heavy atom. The molecule has 3 rings (SSSR count). The van der Waals surface area contributed by atoms with Crippen LogP contribution in [0.4, 0.5) is 17.1 Å². The molecule has 6 nitrogen and oxygen atoms in total. The van der Waals surface area contributed by atoms with Crippen molar-refractivity contribution in [3.05, 3.63) is 53.1 Å². The average Bonchev–Trinajstić information content (AvgIpc) is 2.68. The Hall–Kier alpha value is -3.02. The van der Waals surface area contributed by atoms with E-state index in [-0.39, 0.29) is 24.4 Å². The fraction of sp³-hybridized carbons (Fsp3) is 0.364. The van der Waals surface area contributed by atoms with Gasteiger partial charge in [-0.25, -0.2) is 0 Å². The van der Waals surface area contributed by atoms with Crippen molar-refractivity contribution in [1.82, 2.24) is 5.32 Å². The predicted molar refractivity (Wildman–Crippen MR) is 114 cm³/mol. The van der Waals surface area contributed by atoms with Gasteiger partial charge in [-0.05, 0) is 62.4 Å². The molecule has 2 aromatic carbocycles. The number of nitrogens with zero attached hydrogens (tertiary/aromatic N) is 1. The molecule has 6 heteroatoms. The van der Waals surface area contributed by atoms with Crippen molar-refractivity contribution in [2.45, 2.75) is 39.7 Å². The van der Waals surface area contributed by atoms with Gasteiger partial charge in [0.25, 0.3) is 0 Å². The number of anilines is 3. The summed E-state index contributed by atoms with van der Waals surface area (Å²) in [5.41, 5.74) is 11.8. The monoisotopic (exact) mass is 380 g/mol. The minimum absolute atomic E-state index is 0.0609. The molecule has 2 amide bonds. The summed E-state index contributed by atoms with van der Waals surface area (Å²) in [7, 11) is 0. The van der Waals surface area contributed by atoms with Gasteiger partial charge in [-0.3, -0.25) is 9.59 Å². The van der Waals surface area contributed by atoms with Crippen LogP contribution >= 0.6 is 0 Å². The van der Waals surface area contributed by atoms with E-state index in [9.17, 15) is 9.59 Å². The minimum atomic E-state index is -0.381. The largest absolute Gasteiger partial charge is 0.398 e. The maximum Gasteiger partial charge on any atom is 0.243 e. The van der Waals surface area contributed by atoms with Crippen LogP contribution in [-0.2, 0) is 16.0 Å². The molecule has 0 fully saturated rings. The molecule has 0 saturated carbocycles. The SMILES string of the molecule is Cc1cccc(C)c1NC(=O)CNC(=O)C(C)N1CCCc2c(N)cccc21. The van der Waals surface area contributed by atoms with Crippen LogP contribution in [0, 0.1) is 13.8 Å². The van der Waals surface area contributed by atoms with Crippen molar-refractivity contribution < 1.29 is 9.59 Å². The number of nitrogens with one attached hydrogen (secondary N) is 2. The molecule has 0 bridgehead atoms. The normalized spacial score (nSPS) is 14.2. The number of para-hydroxylation sites is 1. The highest BCUT2D eigenvalue weighted by atomic mass is 16.2. The first-order valence-electron chi connectivity index (χ1n) is 9.66. The molecule has 1 heterocycles. The molecule has 28 heavy (non-hydrogen) atoms. The van der Waals surface area contributed by atoms with E-state index in [1.165, 1.54) is 0 Å². The zero-order valence-corrected chi connectivity index (χ0v) is 16.7. The number of fused-ring (bicyclic) bond motifs is 1. The van der Waals surface area contributed by atoms with Crippen LogP contribution in [0.5, 0.6) is 0 Å². The van der Waals surface area contributed by atoms with Crippen LogP contribution in [0.2, 0.25) is 0 Å². The molecule has 0 aliphatic carbocycles. The summed E-state index contributed by atoms with van der Waals surface area (Å²) in [6.45, 7) is 6.48. The van der Waals surface area contributed by atoms with Gasteiger partial charge in [-0.2, -0.15) is 0 Å². The molecule has 1 aliphatic rings. The third-order valence-electron chi connectivity index (χ3n) is 5.34. The number of nitrogens with two attached hydrogens (primary N) is 1. The van der Waals surface area contributed by atoms with Gasteiger partial charge in [0.15, 0.2) is 0 Å². The Morgan fingerprint density at radius 3 is 2.54 bits per heavy atom. The fourth-order valence-electron chi connectivity index (χ4n) is 3.73. The quantitative estimate of drug-likeness (QED) is 0.696. The van der Waals surface area contributed by atoms with Crippen LogP contribution in [0.1, 0.15) is 30.0 Å². The third kappa shape index (κ3) is 4.11. The second kappa shape index (κ2) is 8.33. The number of nitrogen functional groups attached to an aromatic ring is 1. The first-order valence-corrected chi connectivity index (χ1v) is 9.66. The Labute approximate surface area is 166 Å². The molecule has 0 spiro atoms. The van der Waals surface area contributed by atoms with E-state index in [4.69, 9.17) is 5.73 Å². The van der Waals surface area contributed by atoms with Crippen LogP contribution in [0.3, 0.4) is 0 Å². The van der Waals surface area contributed by atoms with Crippen LogP contribution in [0.15, 0.2) is 36.4 Å². The molecule has 0 saturated heterocycles. The van der Waals surface area contributed by atoms with Crippen molar-refractivity contribution >= 4 is 28.9 Å². The summed E-state index contributed by atoms with van der Waals surface area (Å²) in [5.74, 6) is -0.409. The van der Waals surface area contributed by atoms with Crippen LogP contribution in [-0.4, -0.2) is 30.9 Å². The van der Waals surface area contributed by atoms with Gasteiger partial charge in [0.05, 0.1) is 6.54 Å². The first kappa shape index (κ1) is 19.7. The average molecular weight is 380 g/mol. The van der Waals surface area contributed by atoms with Crippen LogP contribution < -0.4 is 21.3 Å². The lowest BCUT2D eigenvalue weighted by atomic mass is 9.98. The number of carbonyl (C=O) groups is 2. The topological polar surface area (TPSA) is 87.5 Å². The van der Waals surface area contributed by atoms with E-state index in [1.807, 2.05) is 57.2 Å². The van der Waals surface area contributed by atoms with E-state index >= 15 is 0 Å². The second-order valence-electron chi connectivity index (χ2n) is 7.35. The van der Waals surface area contributed by atoms with E-state index < -0.39 is 0 Å². The summed E-state index contributed by atoms with van der Waals surface area (Å²) in [5, 5.41) is 5.65. The summed E-state index contributed by atoms with van der Waals surface area (Å²) in [4.78, 5) is 27.0. The number of amides is 2. The Balaban J connectivity index is 1.61. The lowest BCUT2D eigenvalue weighted by Gasteiger charge is -2.36. The Bertz CT molecular complexity index is 874. The zero-order chi connectivity index (χ0) is 20.3. The highest BCUT2D eigenvalue weighted by Gasteiger charge is 2.27. The van der Waals surface area contributed by atoms with E-state index in [0.29, 0.717) is 0 Å². The molecule has 1 atom stereocenters. The van der Waals surface area contributed by atoms with Crippen molar-refractivity contribution in [2.75, 3.05) is 29.0 Å². The van der Waals surface area contributed by atoms with E-state index in [1.54, 1.807) is 0 Å². The Morgan fingerprint density at radius 1 is 1.14 bits per heavy atom. The van der Waals surface area contributed by atoms with Crippen molar-refractivity contribution in [1.29, 1.82) is 0 Å². The maximum absolute atomic E-state index is 12.7. The van der Waals surface area contributed by atoms with Crippen molar-refractivity contribution in [3.8, 4) is 0 Å². The van der Waals surface area contributed by atoms with E-state index in [0.717, 1.165) is 53.1 Å². The fourth-order valence-corrected chi connectivity index (χ4v) is 3.73. The highest BCUT2D eigenvalue weighted by Crippen LogP contribution is 2.32. The molecule has 1 aliphatic heterocycles. The highest BCUT2D eigenvalue weighted by molar-refractivity contribution is 5.96. The number of hydrogen-bond acceptors (Lipinski definition) is 4. The summed E-state index contributed by atoms with van der Waals surface area (Å²) in [6, 6.07) is 11.3. The number of rotatable bonds is 5. The van der Waals surface area contributed by atoms with Gasteiger partial charge in [-0.15, -0.1) is 0 Å². The number of benzene rings is 2. The number of hydrogen-bond donors (Lipinski definition) is 3. The third-order valence-corrected chi connectivity index (χ3v) is 5.34. The Kier molecular flexibility index (Phi) is 5.87. The van der Waals surface area contributed by atoms with Gasteiger partial charge in [0.1, 0.15) is 6.04 Å². The molecule has 148 valence electrons. The number of aryl methyl sites for hydroxylation is 2. The first-order chi connectivity index (χ1) is 13.4.